The number of aromatic amines is 1. The van der Waals surface area contributed by atoms with Crippen LogP contribution in [0.1, 0.15) is 28.5 Å². The molecular weight excluding hydrogens is 454 g/mol. The molecule has 5 rings (SSSR count). The zero-order chi connectivity index (χ0) is 23.7. The summed E-state index contributed by atoms with van der Waals surface area (Å²) in [7, 11) is 0. The van der Waals surface area contributed by atoms with Crippen molar-refractivity contribution in [3.05, 3.63) is 58.5 Å². The number of fused-ring (bicyclic) bond motifs is 1. The number of nitrogens with one attached hydrogen (secondary N) is 4. The Bertz CT molecular complexity index is 1210. The smallest absolute Gasteiger partial charge is 0.255 e. The van der Waals surface area contributed by atoms with Crippen LogP contribution < -0.4 is 20.7 Å². The number of ether oxygens (including phenoxy) is 2. The quantitative estimate of drug-likeness (QED) is 0.427. The lowest BCUT2D eigenvalue weighted by molar-refractivity contribution is 0.000245. The fourth-order valence-electron chi connectivity index (χ4n) is 4.42. The molecule has 0 saturated carbocycles. The van der Waals surface area contributed by atoms with E-state index in [9.17, 15) is 4.79 Å². The van der Waals surface area contributed by atoms with Gasteiger partial charge in [-0.1, -0.05) is 17.7 Å². The van der Waals surface area contributed by atoms with Gasteiger partial charge < -0.3 is 30.4 Å². The molecule has 2 aromatic heterocycles. The molecule has 1 fully saturated rings. The molecule has 0 radical (unpaired) electrons. The Morgan fingerprint density at radius 3 is 3.03 bits per heavy atom. The van der Waals surface area contributed by atoms with Crippen molar-refractivity contribution in [1.29, 1.82) is 0 Å². The van der Waals surface area contributed by atoms with E-state index in [0.29, 0.717) is 41.7 Å². The highest BCUT2D eigenvalue weighted by atomic mass is 35.5. The van der Waals surface area contributed by atoms with Gasteiger partial charge in [-0.2, -0.15) is 0 Å². The minimum absolute atomic E-state index is 0.0306. The summed E-state index contributed by atoms with van der Waals surface area (Å²) in [6, 6.07) is 7.62. The summed E-state index contributed by atoms with van der Waals surface area (Å²) in [6.45, 7) is 6.60. The average molecular weight is 482 g/mol. The third-order valence-corrected chi connectivity index (χ3v) is 6.61. The van der Waals surface area contributed by atoms with E-state index in [2.05, 4.69) is 25.9 Å². The minimum atomic E-state index is -0.114. The Labute approximate surface area is 203 Å². The highest BCUT2D eigenvalue weighted by molar-refractivity contribution is 6.31. The first-order valence-corrected chi connectivity index (χ1v) is 11.9. The van der Waals surface area contributed by atoms with E-state index < -0.39 is 0 Å². The molecule has 1 unspecified atom stereocenters. The largest absolute Gasteiger partial charge is 0.488 e. The number of pyridine rings is 1. The number of H-pyrrole nitrogens is 1. The van der Waals surface area contributed by atoms with E-state index in [4.69, 9.17) is 21.1 Å². The molecule has 0 bridgehead atoms. The van der Waals surface area contributed by atoms with Crippen LogP contribution in [0.3, 0.4) is 0 Å². The van der Waals surface area contributed by atoms with E-state index in [1.54, 1.807) is 12.4 Å². The number of hydrogen-bond acceptors (Lipinski definition) is 6. The van der Waals surface area contributed by atoms with Crippen molar-refractivity contribution >= 4 is 28.9 Å². The molecule has 0 aliphatic carbocycles. The summed E-state index contributed by atoms with van der Waals surface area (Å²) in [5.41, 5.74) is 5.51. The molecule has 0 spiro atoms. The molecule has 4 heterocycles. The second-order valence-electron chi connectivity index (χ2n) is 8.72. The molecule has 2 aliphatic rings. The minimum Gasteiger partial charge on any atom is -0.488 e. The van der Waals surface area contributed by atoms with Crippen LogP contribution in [0.25, 0.3) is 11.3 Å². The van der Waals surface area contributed by atoms with Gasteiger partial charge >= 0.3 is 0 Å². The Kier molecular flexibility index (Phi) is 6.45. The summed E-state index contributed by atoms with van der Waals surface area (Å²) in [5, 5.41) is 10.5. The van der Waals surface area contributed by atoms with Crippen molar-refractivity contribution in [1.82, 2.24) is 20.6 Å². The molecule has 3 aromatic rings. The molecule has 1 aromatic carbocycles. The molecule has 9 heteroatoms. The third-order valence-electron chi connectivity index (χ3n) is 6.20. The van der Waals surface area contributed by atoms with Crippen LogP contribution in [0.15, 0.2) is 36.7 Å². The van der Waals surface area contributed by atoms with E-state index >= 15 is 0 Å². The van der Waals surface area contributed by atoms with Gasteiger partial charge in [0.2, 0.25) is 0 Å². The van der Waals surface area contributed by atoms with Crippen molar-refractivity contribution < 1.29 is 14.3 Å². The van der Waals surface area contributed by atoms with E-state index in [1.807, 2.05) is 38.1 Å². The van der Waals surface area contributed by atoms with Crippen molar-refractivity contribution in [2.45, 2.75) is 32.4 Å². The summed E-state index contributed by atoms with van der Waals surface area (Å²) in [6.07, 6.45) is 4.09. The van der Waals surface area contributed by atoms with Gasteiger partial charge in [0.05, 0.1) is 29.7 Å². The molecular formula is C25H28ClN5O3. The van der Waals surface area contributed by atoms with Crippen LogP contribution >= 0.6 is 11.6 Å². The highest BCUT2D eigenvalue weighted by Crippen LogP contribution is 2.41. The monoisotopic (exact) mass is 481 g/mol. The van der Waals surface area contributed by atoms with Crippen LogP contribution in [-0.4, -0.2) is 54.3 Å². The number of amides is 1. The van der Waals surface area contributed by atoms with E-state index in [0.717, 1.165) is 41.3 Å². The molecule has 4 N–H and O–H groups in total. The Hall–Kier alpha value is -3.07. The fourth-order valence-corrected chi connectivity index (χ4v) is 4.60. The van der Waals surface area contributed by atoms with Crippen LogP contribution in [0.2, 0.25) is 5.02 Å². The molecule has 1 amide bonds. The molecule has 8 nitrogen and oxygen atoms in total. The van der Waals surface area contributed by atoms with Gasteiger partial charge in [0.15, 0.2) is 0 Å². The average Bonchev–Trinajstić information content (AvgIpc) is 3.19. The standard InChI is InChI=1S/C25H28ClN5O3/c1-14-10-20-22(25(32)29-14)24(30-19-5-3-4-18(26)15(19)2)23(31-20)17-6-7-27-12-21(17)34-13-16-11-28-8-9-33-16/h3-7,12,14,16,28,30-31H,8-11,13H2,1-2H3,(H,29,32)/t14?,16-/m1/s1. The lowest BCUT2D eigenvalue weighted by Crippen LogP contribution is -2.41. The number of carbonyl (C=O) groups is 1. The van der Waals surface area contributed by atoms with Crippen LogP contribution in [0, 0.1) is 6.92 Å². The Balaban J connectivity index is 1.56. The zero-order valence-electron chi connectivity index (χ0n) is 19.2. The van der Waals surface area contributed by atoms with Crippen molar-refractivity contribution in [2.24, 2.45) is 0 Å². The Morgan fingerprint density at radius 2 is 2.21 bits per heavy atom. The van der Waals surface area contributed by atoms with Crippen molar-refractivity contribution in [3.63, 3.8) is 0 Å². The van der Waals surface area contributed by atoms with Gasteiger partial charge in [-0.05, 0) is 37.6 Å². The first-order valence-electron chi connectivity index (χ1n) is 11.5. The van der Waals surface area contributed by atoms with Crippen LogP contribution in [0.5, 0.6) is 5.75 Å². The molecule has 2 aliphatic heterocycles. The number of rotatable bonds is 6. The Morgan fingerprint density at radius 1 is 1.32 bits per heavy atom. The molecule has 34 heavy (non-hydrogen) atoms. The van der Waals surface area contributed by atoms with Crippen molar-refractivity contribution in [2.75, 3.05) is 31.6 Å². The number of nitrogens with zero attached hydrogens (tertiary/aromatic N) is 1. The number of hydrogen-bond donors (Lipinski definition) is 4. The van der Waals surface area contributed by atoms with Gasteiger partial charge in [0.1, 0.15) is 18.5 Å². The lowest BCUT2D eigenvalue weighted by Gasteiger charge is -2.24. The fraction of sp³-hybridized carbons (Fsp3) is 0.360. The molecule has 1 saturated heterocycles. The van der Waals surface area contributed by atoms with Crippen LogP contribution in [0.4, 0.5) is 11.4 Å². The topological polar surface area (TPSA) is 100 Å². The molecule has 2 atom stereocenters. The van der Waals surface area contributed by atoms with Gasteiger partial charge in [-0.25, -0.2) is 0 Å². The third kappa shape index (κ3) is 4.49. The van der Waals surface area contributed by atoms with E-state index in [-0.39, 0.29) is 18.1 Å². The summed E-state index contributed by atoms with van der Waals surface area (Å²) < 4.78 is 11.9. The number of morpholine rings is 1. The lowest BCUT2D eigenvalue weighted by atomic mass is 10.0. The highest BCUT2D eigenvalue weighted by Gasteiger charge is 2.31. The van der Waals surface area contributed by atoms with Crippen molar-refractivity contribution in [3.8, 4) is 17.0 Å². The van der Waals surface area contributed by atoms with Gasteiger partial charge in [-0.3, -0.25) is 9.78 Å². The van der Waals surface area contributed by atoms with Gasteiger partial charge in [0.25, 0.3) is 5.91 Å². The van der Waals surface area contributed by atoms with Gasteiger partial charge in [0, 0.05) is 53.7 Å². The number of halogens is 1. The first-order chi connectivity index (χ1) is 16.5. The normalized spacial score (nSPS) is 19.9. The second kappa shape index (κ2) is 9.66. The SMILES string of the molecule is Cc1c(Cl)cccc1Nc1c(-c2ccncc2OC[C@H]2CNCCO2)[nH]c2c1C(=O)NC(C)C2. The number of carbonyl (C=O) groups excluding carboxylic acids is 1. The first kappa shape index (κ1) is 22.7. The second-order valence-corrected chi connectivity index (χ2v) is 9.13. The number of aromatic nitrogens is 2. The zero-order valence-corrected chi connectivity index (χ0v) is 20.0. The maximum atomic E-state index is 13.1. The predicted molar refractivity (Wildman–Crippen MR) is 132 cm³/mol. The molecule has 178 valence electrons. The van der Waals surface area contributed by atoms with Gasteiger partial charge in [-0.15, -0.1) is 0 Å². The summed E-state index contributed by atoms with van der Waals surface area (Å²) >= 11 is 6.37. The maximum absolute atomic E-state index is 13.1. The summed E-state index contributed by atoms with van der Waals surface area (Å²) in [5.74, 6) is 0.506. The maximum Gasteiger partial charge on any atom is 0.255 e. The number of anilines is 2. The van der Waals surface area contributed by atoms with Crippen LogP contribution in [-0.2, 0) is 11.2 Å². The number of benzene rings is 1. The predicted octanol–water partition coefficient (Wildman–Crippen LogP) is 3.82. The summed E-state index contributed by atoms with van der Waals surface area (Å²) in [4.78, 5) is 20.8. The van der Waals surface area contributed by atoms with E-state index in [1.165, 1.54) is 0 Å².